The number of carbonyl (C=O) groups excluding carboxylic acids is 3. The monoisotopic (exact) mass is 360 g/mol. The fraction of sp³-hybridized carbons (Fsp3) is 0.421. The lowest BCUT2D eigenvalue weighted by molar-refractivity contribution is -0.138. The molecule has 0 saturated heterocycles. The highest BCUT2D eigenvalue weighted by Gasteiger charge is 2.23. The topological polar surface area (TPSA) is 93.7 Å². The Hall–Kier alpha value is -2.83. The summed E-state index contributed by atoms with van der Waals surface area (Å²) in [4.78, 5) is 35.7. The van der Waals surface area contributed by atoms with Crippen molar-refractivity contribution < 1.29 is 23.9 Å². The minimum Gasteiger partial charge on any atom is -0.466 e. The molecule has 140 valence electrons. The third kappa shape index (κ3) is 5.08. The van der Waals surface area contributed by atoms with Gasteiger partial charge in [0.05, 0.1) is 20.3 Å². The molecule has 1 aromatic rings. The Labute approximate surface area is 152 Å². The quantitative estimate of drug-likeness (QED) is 0.598. The van der Waals surface area contributed by atoms with Crippen molar-refractivity contribution in [1.82, 2.24) is 0 Å². The maximum Gasteiger partial charge on any atom is 0.354 e. The first-order valence-corrected chi connectivity index (χ1v) is 8.51. The lowest BCUT2D eigenvalue weighted by atomic mass is 10.1. The molecule has 2 N–H and O–H groups in total. The van der Waals surface area contributed by atoms with E-state index in [1.165, 1.54) is 14.2 Å². The number of hydrogen-bond acceptors (Lipinski definition) is 6. The molecule has 7 heteroatoms. The second-order valence-corrected chi connectivity index (χ2v) is 6.20. The molecule has 0 aliphatic heterocycles. The smallest absolute Gasteiger partial charge is 0.354 e. The summed E-state index contributed by atoms with van der Waals surface area (Å²) < 4.78 is 9.24. The summed E-state index contributed by atoms with van der Waals surface area (Å²) in [5.41, 5.74) is 1.98. The first-order valence-electron chi connectivity index (χ1n) is 8.51. The lowest BCUT2D eigenvalue weighted by Crippen LogP contribution is -2.20. The summed E-state index contributed by atoms with van der Waals surface area (Å²) >= 11 is 0. The summed E-state index contributed by atoms with van der Waals surface area (Å²) in [6.07, 6.45) is 5.02. The summed E-state index contributed by atoms with van der Waals surface area (Å²) in [5, 5.41) is 5.79. The number of amides is 1. The van der Waals surface area contributed by atoms with E-state index in [-0.39, 0.29) is 17.5 Å². The van der Waals surface area contributed by atoms with Gasteiger partial charge in [0.2, 0.25) is 5.91 Å². The van der Waals surface area contributed by atoms with E-state index in [2.05, 4.69) is 20.1 Å². The average molecular weight is 360 g/mol. The number of hydrogen-bond donors (Lipinski definition) is 2. The third-order valence-electron chi connectivity index (χ3n) is 4.37. The maximum atomic E-state index is 12.3. The molecule has 0 spiro atoms. The van der Waals surface area contributed by atoms with E-state index < -0.39 is 11.9 Å². The normalized spacial score (nSPS) is 14.7. The number of nitrogens with one attached hydrogen (secondary N) is 2. The SMILES string of the molecule is COC(=O)/C=C(/Nc1cc(NC(=O)C2CCCC2)ccc1C)C(=O)OC. The number of esters is 2. The van der Waals surface area contributed by atoms with E-state index in [0.717, 1.165) is 37.3 Å². The van der Waals surface area contributed by atoms with Crippen molar-refractivity contribution in [2.45, 2.75) is 32.6 Å². The Kier molecular flexibility index (Phi) is 6.77. The zero-order chi connectivity index (χ0) is 19.1. The number of rotatable bonds is 6. The Balaban J connectivity index is 2.19. The van der Waals surface area contributed by atoms with Crippen molar-refractivity contribution in [2.24, 2.45) is 5.92 Å². The number of anilines is 2. The fourth-order valence-electron chi connectivity index (χ4n) is 2.84. The minimum absolute atomic E-state index is 0.00981. The molecule has 0 heterocycles. The van der Waals surface area contributed by atoms with Crippen LogP contribution in [0.5, 0.6) is 0 Å². The van der Waals surface area contributed by atoms with Gasteiger partial charge in [-0.25, -0.2) is 9.59 Å². The van der Waals surface area contributed by atoms with E-state index in [0.29, 0.717) is 11.4 Å². The van der Waals surface area contributed by atoms with Crippen molar-refractivity contribution in [3.05, 3.63) is 35.5 Å². The number of methoxy groups -OCH3 is 2. The van der Waals surface area contributed by atoms with Crippen molar-refractivity contribution in [3.8, 4) is 0 Å². The van der Waals surface area contributed by atoms with E-state index in [4.69, 9.17) is 0 Å². The molecular weight excluding hydrogens is 336 g/mol. The highest BCUT2D eigenvalue weighted by molar-refractivity contribution is 5.99. The second-order valence-electron chi connectivity index (χ2n) is 6.20. The van der Waals surface area contributed by atoms with Crippen LogP contribution in [0.25, 0.3) is 0 Å². The summed E-state index contributed by atoms with van der Waals surface area (Å²) in [6.45, 7) is 1.85. The molecule has 0 radical (unpaired) electrons. The van der Waals surface area contributed by atoms with Crippen LogP contribution in [-0.4, -0.2) is 32.1 Å². The first-order chi connectivity index (χ1) is 12.4. The van der Waals surface area contributed by atoms with Gasteiger partial charge in [-0.3, -0.25) is 4.79 Å². The first kappa shape index (κ1) is 19.5. The van der Waals surface area contributed by atoms with Crippen LogP contribution >= 0.6 is 0 Å². The minimum atomic E-state index is -0.699. The van der Waals surface area contributed by atoms with Crippen LogP contribution in [0.3, 0.4) is 0 Å². The molecule has 1 amide bonds. The van der Waals surface area contributed by atoms with Gasteiger partial charge in [-0.1, -0.05) is 18.9 Å². The molecule has 0 unspecified atom stereocenters. The van der Waals surface area contributed by atoms with E-state index in [1.54, 1.807) is 12.1 Å². The van der Waals surface area contributed by atoms with Crippen molar-refractivity contribution in [1.29, 1.82) is 0 Å². The molecule has 0 aromatic heterocycles. The largest absolute Gasteiger partial charge is 0.466 e. The predicted octanol–water partition coefficient (Wildman–Crippen LogP) is 2.77. The molecule has 1 aromatic carbocycles. The van der Waals surface area contributed by atoms with Gasteiger partial charge in [0, 0.05) is 17.3 Å². The highest BCUT2D eigenvalue weighted by Crippen LogP contribution is 2.27. The third-order valence-corrected chi connectivity index (χ3v) is 4.37. The summed E-state index contributed by atoms with van der Waals surface area (Å²) in [7, 11) is 2.44. The van der Waals surface area contributed by atoms with Gasteiger partial charge in [0.15, 0.2) is 0 Å². The zero-order valence-electron chi connectivity index (χ0n) is 15.3. The molecule has 1 aliphatic rings. The number of carbonyl (C=O) groups is 3. The zero-order valence-corrected chi connectivity index (χ0v) is 15.3. The van der Waals surface area contributed by atoms with Crippen LogP contribution in [0, 0.1) is 12.8 Å². The predicted molar refractivity (Wildman–Crippen MR) is 97.5 cm³/mol. The van der Waals surface area contributed by atoms with E-state index in [1.807, 2.05) is 13.0 Å². The van der Waals surface area contributed by atoms with Crippen LogP contribution in [0.1, 0.15) is 31.2 Å². The molecular formula is C19H24N2O5. The Morgan fingerprint density at radius 2 is 1.77 bits per heavy atom. The van der Waals surface area contributed by atoms with Crippen molar-refractivity contribution in [3.63, 3.8) is 0 Å². The van der Waals surface area contributed by atoms with Gasteiger partial charge < -0.3 is 20.1 Å². The van der Waals surface area contributed by atoms with Gasteiger partial charge in [0.25, 0.3) is 0 Å². The van der Waals surface area contributed by atoms with Gasteiger partial charge in [-0.15, -0.1) is 0 Å². The van der Waals surface area contributed by atoms with Gasteiger partial charge >= 0.3 is 11.9 Å². The number of benzene rings is 1. The fourth-order valence-corrected chi connectivity index (χ4v) is 2.84. The van der Waals surface area contributed by atoms with Crippen molar-refractivity contribution >= 4 is 29.2 Å². The van der Waals surface area contributed by atoms with Crippen LogP contribution in [0.4, 0.5) is 11.4 Å². The van der Waals surface area contributed by atoms with Crippen LogP contribution in [-0.2, 0) is 23.9 Å². The van der Waals surface area contributed by atoms with Gasteiger partial charge in [-0.05, 0) is 37.5 Å². The summed E-state index contributed by atoms with van der Waals surface area (Å²) in [6, 6.07) is 5.34. The summed E-state index contributed by atoms with van der Waals surface area (Å²) in [5.74, 6) is -1.32. The Morgan fingerprint density at radius 1 is 1.08 bits per heavy atom. The Morgan fingerprint density at radius 3 is 2.38 bits per heavy atom. The molecule has 7 nitrogen and oxygen atoms in total. The number of ether oxygens (including phenoxy) is 2. The molecule has 1 aliphatic carbocycles. The lowest BCUT2D eigenvalue weighted by Gasteiger charge is -2.15. The van der Waals surface area contributed by atoms with Crippen molar-refractivity contribution in [2.75, 3.05) is 24.9 Å². The van der Waals surface area contributed by atoms with E-state index >= 15 is 0 Å². The number of aryl methyl sites for hydroxylation is 1. The van der Waals surface area contributed by atoms with Gasteiger partial charge in [-0.2, -0.15) is 0 Å². The van der Waals surface area contributed by atoms with Gasteiger partial charge in [0.1, 0.15) is 5.70 Å². The molecule has 0 bridgehead atoms. The van der Waals surface area contributed by atoms with Crippen LogP contribution in [0.2, 0.25) is 0 Å². The molecule has 1 fully saturated rings. The molecule has 26 heavy (non-hydrogen) atoms. The molecule has 0 atom stereocenters. The second kappa shape index (κ2) is 9.03. The highest BCUT2D eigenvalue weighted by atomic mass is 16.5. The molecule has 2 rings (SSSR count). The standard InChI is InChI=1S/C19H24N2O5/c1-12-8-9-14(20-18(23)13-6-4-5-7-13)10-15(12)21-16(19(24)26-3)11-17(22)25-2/h8-11,13,21H,4-7H2,1-3H3,(H,20,23)/b16-11+. The van der Waals surface area contributed by atoms with Crippen LogP contribution in [0.15, 0.2) is 30.0 Å². The van der Waals surface area contributed by atoms with E-state index in [9.17, 15) is 14.4 Å². The maximum absolute atomic E-state index is 12.3. The Bertz CT molecular complexity index is 721. The van der Waals surface area contributed by atoms with Crippen LogP contribution < -0.4 is 10.6 Å². The molecule has 1 saturated carbocycles. The average Bonchev–Trinajstić information content (AvgIpc) is 3.17.